The van der Waals surface area contributed by atoms with Crippen molar-refractivity contribution in [2.45, 2.75) is 65.3 Å². The van der Waals surface area contributed by atoms with Gasteiger partial charge in [0.05, 0.1) is 6.54 Å². The van der Waals surface area contributed by atoms with Crippen molar-refractivity contribution < 1.29 is 0 Å². The Balaban J connectivity index is 2.55. The number of nitrogens with one attached hydrogen (secondary N) is 1. The van der Waals surface area contributed by atoms with Crippen LogP contribution in [0.5, 0.6) is 0 Å². The second-order valence-electron chi connectivity index (χ2n) is 6.38. The fraction of sp³-hybridized carbons (Fsp3) is 0.875. The standard InChI is InChI=1S/C16H30N2/c1-5-7-12-18-16(13-17)10-8-14(9-11-16)15(3,4)6-2/h14,18H,6,8-13,17H2,1-4H3. The van der Waals surface area contributed by atoms with E-state index >= 15 is 0 Å². The van der Waals surface area contributed by atoms with Crippen LogP contribution >= 0.6 is 0 Å². The quantitative estimate of drug-likeness (QED) is 0.736. The number of hydrogen-bond acceptors (Lipinski definition) is 2. The zero-order chi connectivity index (χ0) is 13.6. The molecule has 0 saturated heterocycles. The molecule has 2 nitrogen and oxygen atoms in total. The molecular weight excluding hydrogens is 220 g/mol. The second kappa shape index (κ2) is 6.59. The lowest BCUT2D eigenvalue weighted by Crippen LogP contribution is -2.54. The summed E-state index contributed by atoms with van der Waals surface area (Å²) < 4.78 is 0. The van der Waals surface area contributed by atoms with Gasteiger partial charge in [-0.05, 0) is 43.9 Å². The summed E-state index contributed by atoms with van der Waals surface area (Å²) in [5, 5.41) is 3.58. The van der Waals surface area contributed by atoms with Gasteiger partial charge in [0.1, 0.15) is 0 Å². The molecule has 0 aliphatic heterocycles. The molecule has 1 aliphatic carbocycles. The molecule has 0 aromatic carbocycles. The zero-order valence-electron chi connectivity index (χ0n) is 12.6. The smallest absolute Gasteiger partial charge is 0.0581 e. The molecule has 0 atom stereocenters. The highest BCUT2D eigenvalue weighted by Gasteiger charge is 2.38. The predicted octanol–water partition coefficient (Wildman–Crippen LogP) is 2.92. The third kappa shape index (κ3) is 3.73. The minimum Gasteiger partial charge on any atom is -0.329 e. The first-order chi connectivity index (χ1) is 8.49. The van der Waals surface area contributed by atoms with E-state index in [2.05, 4.69) is 37.9 Å². The van der Waals surface area contributed by atoms with Crippen molar-refractivity contribution in [2.75, 3.05) is 13.1 Å². The first-order valence-electron chi connectivity index (χ1n) is 7.34. The summed E-state index contributed by atoms with van der Waals surface area (Å²) >= 11 is 0. The maximum atomic E-state index is 6.00. The summed E-state index contributed by atoms with van der Waals surface area (Å²) in [4.78, 5) is 0. The predicted molar refractivity (Wildman–Crippen MR) is 79.3 cm³/mol. The molecule has 1 saturated carbocycles. The Hall–Kier alpha value is -0.520. The molecule has 1 aliphatic rings. The zero-order valence-corrected chi connectivity index (χ0v) is 12.6. The van der Waals surface area contributed by atoms with Gasteiger partial charge in [0.15, 0.2) is 0 Å². The average molecular weight is 250 g/mol. The molecule has 0 bridgehead atoms. The van der Waals surface area contributed by atoms with E-state index < -0.39 is 0 Å². The first-order valence-corrected chi connectivity index (χ1v) is 7.34. The van der Waals surface area contributed by atoms with Gasteiger partial charge in [-0.1, -0.05) is 33.1 Å². The lowest BCUT2D eigenvalue weighted by atomic mass is 9.65. The Morgan fingerprint density at radius 2 is 1.94 bits per heavy atom. The molecule has 0 aromatic heterocycles. The fourth-order valence-corrected chi connectivity index (χ4v) is 3.01. The lowest BCUT2D eigenvalue weighted by Gasteiger charge is -2.45. The van der Waals surface area contributed by atoms with Crippen molar-refractivity contribution >= 4 is 0 Å². The Labute approximate surface area is 113 Å². The largest absolute Gasteiger partial charge is 0.329 e. The van der Waals surface area contributed by atoms with Crippen LogP contribution in [0.25, 0.3) is 0 Å². The lowest BCUT2D eigenvalue weighted by molar-refractivity contribution is 0.104. The third-order valence-electron chi connectivity index (χ3n) is 5.08. The summed E-state index contributed by atoms with van der Waals surface area (Å²) in [7, 11) is 0. The van der Waals surface area contributed by atoms with Crippen molar-refractivity contribution in [3.05, 3.63) is 0 Å². The summed E-state index contributed by atoms with van der Waals surface area (Å²) in [5.41, 5.74) is 6.62. The Kier molecular flexibility index (Phi) is 5.69. The van der Waals surface area contributed by atoms with E-state index in [0.29, 0.717) is 5.41 Å². The topological polar surface area (TPSA) is 38.0 Å². The molecule has 0 spiro atoms. The molecule has 0 amide bonds. The van der Waals surface area contributed by atoms with Crippen LogP contribution in [0, 0.1) is 23.2 Å². The van der Waals surface area contributed by atoms with Crippen LogP contribution < -0.4 is 11.1 Å². The molecule has 1 rings (SSSR count). The minimum atomic E-state index is 0.143. The summed E-state index contributed by atoms with van der Waals surface area (Å²) in [5.74, 6) is 6.88. The van der Waals surface area contributed by atoms with Gasteiger partial charge in [-0.15, -0.1) is 5.92 Å². The number of rotatable bonds is 5. The number of nitrogens with two attached hydrogens (primary N) is 1. The average Bonchev–Trinajstić information content (AvgIpc) is 2.39. The molecule has 0 heterocycles. The SMILES string of the molecule is CC#CCNC1(CN)CCC(C(C)(C)CC)CC1. The summed E-state index contributed by atoms with van der Waals surface area (Å²) in [6.45, 7) is 10.5. The van der Waals surface area contributed by atoms with E-state index in [-0.39, 0.29) is 5.54 Å². The Morgan fingerprint density at radius 1 is 1.33 bits per heavy atom. The summed E-state index contributed by atoms with van der Waals surface area (Å²) in [6, 6.07) is 0. The van der Waals surface area contributed by atoms with Gasteiger partial charge in [0, 0.05) is 12.1 Å². The van der Waals surface area contributed by atoms with Crippen LogP contribution in [0.4, 0.5) is 0 Å². The normalized spacial score (nSPS) is 28.6. The van der Waals surface area contributed by atoms with E-state index in [9.17, 15) is 0 Å². The molecule has 104 valence electrons. The van der Waals surface area contributed by atoms with Gasteiger partial charge < -0.3 is 5.73 Å². The van der Waals surface area contributed by atoms with Gasteiger partial charge in [0.2, 0.25) is 0 Å². The first kappa shape index (κ1) is 15.5. The molecule has 1 fully saturated rings. The molecule has 0 aromatic rings. The van der Waals surface area contributed by atoms with Gasteiger partial charge in [-0.25, -0.2) is 0 Å². The Morgan fingerprint density at radius 3 is 2.39 bits per heavy atom. The third-order valence-corrected chi connectivity index (χ3v) is 5.08. The molecule has 0 radical (unpaired) electrons. The van der Waals surface area contributed by atoms with Gasteiger partial charge in [0.25, 0.3) is 0 Å². The van der Waals surface area contributed by atoms with Crippen LogP contribution in [0.1, 0.15) is 59.8 Å². The van der Waals surface area contributed by atoms with Crippen LogP contribution in [0.3, 0.4) is 0 Å². The van der Waals surface area contributed by atoms with E-state index in [0.717, 1.165) is 19.0 Å². The van der Waals surface area contributed by atoms with Gasteiger partial charge >= 0.3 is 0 Å². The monoisotopic (exact) mass is 250 g/mol. The fourth-order valence-electron chi connectivity index (χ4n) is 3.01. The Bertz CT molecular complexity index is 301. The molecular formula is C16H30N2. The maximum absolute atomic E-state index is 6.00. The van der Waals surface area contributed by atoms with Crippen molar-refractivity contribution in [2.24, 2.45) is 17.1 Å². The minimum absolute atomic E-state index is 0.143. The van der Waals surface area contributed by atoms with E-state index in [1.54, 1.807) is 0 Å². The maximum Gasteiger partial charge on any atom is 0.0581 e. The molecule has 3 N–H and O–H groups in total. The van der Waals surface area contributed by atoms with Crippen molar-refractivity contribution in [3.8, 4) is 11.8 Å². The van der Waals surface area contributed by atoms with Gasteiger partial charge in [-0.3, -0.25) is 5.32 Å². The molecule has 2 heteroatoms. The summed E-state index contributed by atoms with van der Waals surface area (Å²) in [6.07, 6.45) is 6.25. The van der Waals surface area contributed by atoms with Crippen molar-refractivity contribution in [1.82, 2.24) is 5.32 Å². The van der Waals surface area contributed by atoms with Crippen LogP contribution in [0.15, 0.2) is 0 Å². The van der Waals surface area contributed by atoms with Crippen molar-refractivity contribution in [3.63, 3.8) is 0 Å². The van der Waals surface area contributed by atoms with E-state index in [4.69, 9.17) is 5.73 Å². The molecule has 18 heavy (non-hydrogen) atoms. The van der Waals surface area contributed by atoms with E-state index in [1.165, 1.54) is 32.1 Å². The molecule has 0 unspecified atom stereocenters. The van der Waals surface area contributed by atoms with Crippen molar-refractivity contribution in [1.29, 1.82) is 0 Å². The van der Waals surface area contributed by atoms with Crippen LogP contribution in [-0.2, 0) is 0 Å². The highest BCUT2D eigenvalue weighted by molar-refractivity contribution is 5.02. The highest BCUT2D eigenvalue weighted by atomic mass is 15.0. The van der Waals surface area contributed by atoms with Crippen LogP contribution in [-0.4, -0.2) is 18.6 Å². The second-order valence-corrected chi connectivity index (χ2v) is 6.38. The van der Waals surface area contributed by atoms with E-state index in [1.807, 2.05) is 6.92 Å². The van der Waals surface area contributed by atoms with Gasteiger partial charge in [-0.2, -0.15) is 0 Å². The number of hydrogen-bond donors (Lipinski definition) is 2. The van der Waals surface area contributed by atoms with Crippen LogP contribution in [0.2, 0.25) is 0 Å². The highest BCUT2D eigenvalue weighted by Crippen LogP contribution is 2.43.